The van der Waals surface area contributed by atoms with E-state index < -0.39 is 0 Å². The maximum absolute atomic E-state index is 12.3. The molecule has 0 aromatic heterocycles. The Morgan fingerprint density at radius 1 is 1.39 bits per heavy atom. The number of nitrogens with zero attached hydrogens (tertiary/aromatic N) is 1. The van der Waals surface area contributed by atoms with Crippen molar-refractivity contribution in [3.63, 3.8) is 0 Å². The number of carbonyl (C=O) groups is 1. The molecule has 1 aromatic carbocycles. The summed E-state index contributed by atoms with van der Waals surface area (Å²) in [5, 5.41) is 0.730. The van der Waals surface area contributed by atoms with Gasteiger partial charge < -0.3 is 14.4 Å². The van der Waals surface area contributed by atoms with Crippen LogP contribution in [-0.2, 0) is 0 Å². The van der Waals surface area contributed by atoms with Crippen molar-refractivity contribution in [2.45, 2.75) is 13.0 Å². The number of methoxy groups -OCH3 is 2. The van der Waals surface area contributed by atoms with Crippen LogP contribution in [-0.4, -0.2) is 43.4 Å². The fraction of sp³-hybridized carbons (Fsp3) is 0.462. The molecular formula is C13H18BrNO3. The lowest BCUT2D eigenvalue weighted by Crippen LogP contribution is -2.36. The molecule has 0 aliphatic heterocycles. The fourth-order valence-electron chi connectivity index (χ4n) is 1.47. The average molecular weight is 316 g/mol. The zero-order valence-corrected chi connectivity index (χ0v) is 12.7. The maximum atomic E-state index is 12.3. The van der Waals surface area contributed by atoms with E-state index in [2.05, 4.69) is 15.9 Å². The number of hydrogen-bond donors (Lipinski definition) is 0. The van der Waals surface area contributed by atoms with Gasteiger partial charge in [0, 0.05) is 24.5 Å². The molecule has 5 heteroatoms. The number of amides is 1. The van der Waals surface area contributed by atoms with Crippen molar-refractivity contribution in [3.8, 4) is 11.5 Å². The number of ether oxygens (including phenoxy) is 2. The zero-order chi connectivity index (χ0) is 13.7. The molecule has 1 aromatic rings. The molecule has 0 aliphatic carbocycles. The van der Waals surface area contributed by atoms with Gasteiger partial charge in [0.05, 0.1) is 19.8 Å². The summed E-state index contributed by atoms with van der Waals surface area (Å²) >= 11 is 3.37. The molecule has 0 N–H and O–H groups in total. The molecule has 0 saturated carbocycles. The minimum atomic E-state index is -0.0681. The first kappa shape index (κ1) is 14.8. The van der Waals surface area contributed by atoms with Crippen molar-refractivity contribution in [1.29, 1.82) is 0 Å². The summed E-state index contributed by atoms with van der Waals surface area (Å²) in [4.78, 5) is 14.0. The van der Waals surface area contributed by atoms with Gasteiger partial charge in [0.15, 0.2) is 0 Å². The van der Waals surface area contributed by atoms with E-state index in [1.54, 1.807) is 44.4 Å². The second kappa shape index (κ2) is 6.64. The van der Waals surface area contributed by atoms with Crippen molar-refractivity contribution in [2.75, 3.05) is 26.6 Å². The van der Waals surface area contributed by atoms with Crippen LogP contribution in [0, 0.1) is 0 Å². The largest absolute Gasteiger partial charge is 0.497 e. The van der Waals surface area contributed by atoms with Gasteiger partial charge in [-0.3, -0.25) is 4.79 Å². The van der Waals surface area contributed by atoms with Crippen molar-refractivity contribution in [3.05, 3.63) is 23.8 Å². The van der Waals surface area contributed by atoms with Crippen LogP contribution in [0.5, 0.6) is 11.5 Å². The zero-order valence-electron chi connectivity index (χ0n) is 11.1. The molecule has 0 heterocycles. The molecule has 0 spiro atoms. The third-order valence-corrected chi connectivity index (χ3v) is 3.78. The van der Waals surface area contributed by atoms with Gasteiger partial charge in [0.1, 0.15) is 11.5 Å². The smallest absolute Gasteiger partial charge is 0.257 e. The minimum Gasteiger partial charge on any atom is -0.497 e. The van der Waals surface area contributed by atoms with E-state index in [1.165, 1.54) is 0 Å². The van der Waals surface area contributed by atoms with Crippen molar-refractivity contribution in [2.24, 2.45) is 0 Å². The molecule has 18 heavy (non-hydrogen) atoms. The van der Waals surface area contributed by atoms with Crippen LogP contribution >= 0.6 is 15.9 Å². The highest BCUT2D eigenvalue weighted by atomic mass is 79.9. The van der Waals surface area contributed by atoms with E-state index in [9.17, 15) is 4.79 Å². The first-order valence-electron chi connectivity index (χ1n) is 5.60. The fourth-order valence-corrected chi connectivity index (χ4v) is 1.90. The minimum absolute atomic E-state index is 0.0681. The number of hydrogen-bond acceptors (Lipinski definition) is 3. The van der Waals surface area contributed by atoms with Gasteiger partial charge in [0.25, 0.3) is 5.91 Å². The Hall–Kier alpha value is -1.23. The molecule has 1 atom stereocenters. The van der Waals surface area contributed by atoms with Gasteiger partial charge in [0.2, 0.25) is 0 Å². The van der Waals surface area contributed by atoms with Crippen LogP contribution in [0.25, 0.3) is 0 Å². The van der Waals surface area contributed by atoms with E-state index in [0.717, 1.165) is 5.33 Å². The maximum Gasteiger partial charge on any atom is 0.257 e. The highest BCUT2D eigenvalue weighted by molar-refractivity contribution is 9.09. The number of rotatable bonds is 5. The van der Waals surface area contributed by atoms with Crippen LogP contribution in [0.3, 0.4) is 0 Å². The van der Waals surface area contributed by atoms with E-state index >= 15 is 0 Å². The number of benzene rings is 1. The quantitative estimate of drug-likeness (QED) is 0.784. The Kier molecular flexibility index (Phi) is 5.47. The predicted molar refractivity (Wildman–Crippen MR) is 74.9 cm³/mol. The highest BCUT2D eigenvalue weighted by Crippen LogP contribution is 2.26. The van der Waals surface area contributed by atoms with E-state index in [-0.39, 0.29) is 11.9 Å². The SMILES string of the molecule is COc1ccc(C(=O)N(C)C(C)CBr)c(OC)c1. The molecule has 0 fully saturated rings. The Morgan fingerprint density at radius 2 is 2.06 bits per heavy atom. The molecular weight excluding hydrogens is 298 g/mol. The van der Waals surface area contributed by atoms with Crippen molar-refractivity contribution in [1.82, 2.24) is 4.90 Å². The summed E-state index contributed by atoms with van der Waals surface area (Å²) in [5.74, 6) is 1.12. The number of alkyl halides is 1. The Balaban J connectivity index is 3.05. The van der Waals surface area contributed by atoms with Gasteiger partial charge in [-0.2, -0.15) is 0 Å². The molecule has 100 valence electrons. The van der Waals surface area contributed by atoms with Crippen LogP contribution in [0.15, 0.2) is 18.2 Å². The summed E-state index contributed by atoms with van der Waals surface area (Å²) in [6.45, 7) is 1.97. The first-order valence-corrected chi connectivity index (χ1v) is 6.72. The third-order valence-electron chi connectivity index (χ3n) is 2.84. The van der Waals surface area contributed by atoms with Crippen LogP contribution < -0.4 is 9.47 Å². The molecule has 0 aliphatic rings. The molecule has 0 radical (unpaired) electrons. The summed E-state index contributed by atoms with van der Waals surface area (Å²) in [5.41, 5.74) is 0.536. The summed E-state index contributed by atoms with van der Waals surface area (Å²) < 4.78 is 10.3. The number of carbonyl (C=O) groups excluding carboxylic acids is 1. The Labute approximate surface area is 116 Å². The summed E-state index contributed by atoms with van der Waals surface area (Å²) in [6.07, 6.45) is 0. The topological polar surface area (TPSA) is 38.8 Å². The predicted octanol–water partition coefficient (Wildman–Crippen LogP) is 2.56. The van der Waals surface area contributed by atoms with E-state index in [0.29, 0.717) is 17.1 Å². The summed E-state index contributed by atoms with van der Waals surface area (Å²) in [7, 11) is 4.90. The standard InChI is InChI=1S/C13H18BrNO3/c1-9(8-14)15(2)13(16)11-6-5-10(17-3)7-12(11)18-4/h5-7,9H,8H2,1-4H3. The third kappa shape index (κ3) is 3.16. The van der Waals surface area contributed by atoms with Crippen LogP contribution in [0.1, 0.15) is 17.3 Å². The van der Waals surface area contributed by atoms with Gasteiger partial charge in [-0.15, -0.1) is 0 Å². The monoisotopic (exact) mass is 315 g/mol. The average Bonchev–Trinajstić information content (AvgIpc) is 2.43. The lowest BCUT2D eigenvalue weighted by Gasteiger charge is -2.24. The Morgan fingerprint density at radius 3 is 2.56 bits per heavy atom. The van der Waals surface area contributed by atoms with E-state index in [4.69, 9.17) is 9.47 Å². The lowest BCUT2D eigenvalue weighted by molar-refractivity contribution is 0.0754. The molecule has 1 amide bonds. The molecule has 4 nitrogen and oxygen atoms in total. The van der Waals surface area contributed by atoms with Gasteiger partial charge in [-0.25, -0.2) is 0 Å². The van der Waals surface area contributed by atoms with Crippen molar-refractivity contribution >= 4 is 21.8 Å². The molecule has 0 bridgehead atoms. The second-order valence-corrected chi connectivity index (χ2v) is 4.63. The first-order chi connectivity index (χ1) is 8.54. The van der Waals surface area contributed by atoms with Crippen LogP contribution in [0.2, 0.25) is 0 Å². The molecule has 0 saturated heterocycles. The van der Waals surface area contributed by atoms with Crippen LogP contribution in [0.4, 0.5) is 0 Å². The number of halogens is 1. The van der Waals surface area contributed by atoms with Gasteiger partial charge in [-0.05, 0) is 19.1 Å². The highest BCUT2D eigenvalue weighted by Gasteiger charge is 2.20. The normalized spacial score (nSPS) is 11.8. The molecule has 1 unspecified atom stereocenters. The lowest BCUT2D eigenvalue weighted by atomic mass is 10.1. The van der Waals surface area contributed by atoms with Gasteiger partial charge in [-0.1, -0.05) is 15.9 Å². The Bertz CT molecular complexity index is 423. The molecule has 1 rings (SSSR count). The van der Waals surface area contributed by atoms with Crippen molar-refractivity contribution < 1.29 is 14.3 Å². The second-order valence-electron chi connectivity index (χ2n) is 3.99. The summed E-state index contributed by atoms with van der Waals surface area (Å²) in [6, 6.07) is 5.30. The van der Waals surface area contributed by atoms with Gasteiger partial charge >= 0.3 is 0 Å². The van der Waals surface area contributed by atoms with E-state index in [1.807, 2.05) is 6.92 Å².